The Morgan fingerprint density at radius 3 is 2.46 bits per heavy atom. The fourth-order valence-corrected chi connectivity index (χ4v) is 2.73. The zero-order valence-corrected chi connectivity index (χ0v) is 14.1. The molecule has 1 atom stereocenters. The largest absolute Gasteiger partial charge is 0.573 e. The Morgan fingerprint density at radius 2 is 1.96 bits per heavy atom. The molecular formula is C16H11F3N2O4S. The molecule has 1 aromatic heterocycles. The van der Waals surface area contributed by atoms with Gasteiger partial charge in [0.05, 0.1) is 11.6 Å². The predicted molar refractivity (Wildman–Crippen MR) is 83.6 cm³/mol. The first-order valence-corrected chi connectivity index (χ1v) is 7.95. The molecule has 0 radical (unpaired) electrons. The lowest BCUT2D eigenvalue weighted by Crippen LogP contribution is -2.20. The standard InChI is InChI=1S/C16H11F3N2O4S/c1-9-8-26-14(21-9)12(6-20)13(22)7-24-15(23)10-2-4-11(5-3-10)25-16(17,18)19/h2-5,8,12H,7H2,1H3/t12-/m0/s1. The van der Waals surface area contributed by atoms with Gasteiger partial charge in [0.25, 0.3) is 0 Å². The summed E-state index contributed by atoms with van der Waals surface area (Å²) in [5, 5.41) is 11.1. The molecule has 0 spiro atoms. The van der Waals surface area contributed by atoms with Crippen LogP contribution in [-0.2, 0) is 9.53 Å². The van der Waals surface area contributed by atoms with E-state index in [9.17, 15) is 22.8 Å². The minimum absolute atomic E-state index is 0.0640. The minimum atomic E-state index is -4.84. The molecule has 26 heavy (non-hydrogen) atoms. The van der Waals surface area contributed by atoms with Crippen LogP contribution in [0.2, 0.25) is 0 Å². The number of carbonyl (C=O) groups is 2. The topological polar surface area (TPSA) is 89.3 Å². The van der Waals surface area contributed by atoms with Crippen LogP contribution in [0.4, 0.5) is 13.2 Å². The highest BCUT2D eigenvalue weighted by Crippen LogP contribution is 2.23. The van der Waals surface area contributed by atoms with Crippen LogP contribution in [0, 0.1) is 18.3 Å². The average Bonchev–Trinajstić information content (AvgIpc) is 2.98. The van der Waals surface area contributed by atoms with E-state index in [4.69, 9.17) is 10.00 Å². The van der Waals surface area contributed by atoms with E-state index in [1.54, 1.807) is 12.3 Å². The van der Waals surface area contributed by atoms with Gasteiger partial charge in [0, 0.05) is 11.1 Å². The number of alkyl halides is 3. The van der Waals surface area contributed by atoms with Crippen molar-refractivity contribution in [3.63, 3.8) is 0 Å². The van der Waals surface area contributed by atoms with Crippen LogP contribution in [0.25, 0.3) is 0 Å². The lowest BCUT2D eigenvalue weighted by molar-refractivity contribution is -0.274. The molecule has 0 amide bonds. The smallest absolute Gasteiger partial charge is 0.454 e. The third kappa shape index (κ3) is 5.29. The SMILES string of the molecule is Cc1csc([C@@H](C#N)C(=O)COC(=O)c2ccc(OC(F)(F)F)cc2)n1. The van der Waals surface area contributed by atoms with Gasteiger partial charge in [0.1, 0.15) is 10.8 Å². The van der Waals surface area contributed by atoms with Crippen molar-refractivity contribution in [1.82, 2.24) is 4.98 Å². The van der Waals surface area contributed by atoms with E-state index in [0.717, 1.165) is 35.6 Å². The van der Waals surface area contributed by atoms with Gasteiger partial charge >= 0.3 is 12.3 Å². The average molecular weight is 384 g/mol. The summed E-state index contributed by atoms with van der Waals surface area (Å²) in [6, 6.07) is 5.84. The molecule has 6 nitrogen and oxygen atoms in total. The van der Waals surface area contributed by atoms with Crippen LogP contribution < -0.4 is 4.74 Å². The molecule has 0 saturated heterocycles. The number of esters is 1. The maximum atomic E-state index is 12.1. The minimum Gasteiger partial charge on any atom is -0.454 e. The lowest BCUT2D eigenvalue weighted by atomic mass is 10.1. The zero-order chi connectivity index (χ0) is 19.3. The fourth-order valence-electron chi connectivity index (χ4n) is 1.87. The molecule has 0 bridgehead atoms. The van der Waals surface area contributed by atoms with Gasteiger partial charge in [-0.1, -0.05) is 0 Å². The number of hydrogen-bond acceptors (Lipinski definition) is 7. The van der Waals surface area contributed by atoms with Gasteiger partial charge in [-0.2, -0.15) is 5.26 Å². The number of halogens is 3. The third-order valence-electron chi connectivity index (χ3n) is 3.00. The summed E-state index contributed by atoms with van der Waals surface area (Å²) in [6.45, 7) is 1.06. The molecule has 136 valence electrons. The molecule has 0 aliphatic carbocycles. The summed E-state index contributed by atoms with van der Waals surface area (Å²) < 4.78 is 44.7. The molecule has 0 aliphatic heterocycles. The fraction of sp³-hybridized carbons (Fsp3) is 0.250. The Bertz CT molecular complexity index is 840. The summed E-state index contributed by atoms with van der Waals surface area (Å²) in [5.74, 6) is -3.20. The summed E-state index contributed by atoms with van der Waals surface area (Å²) in [6.07, 6.45) is -4.84. The first-order valence-electron chi connectivity index (χ1n) is 7.07. The Balaban J connectivity index is 1.95. The highest BCUT2D eigenvalue weighted by Gasteiger charge is 2.31. The van der Waals surface area contributed by atoms with Crippen LogP contribution in [0.5, 0.6) is 5.75 Å². The number of Topliss-reactive ketones (excluding diaryl/α,β-unsaturated/α-hetero) is 1. The van der Waals surface area contributed by atoms with Crippen molar-refractivity contribution in [1.29, 1.82) is 5.26 Å². The summed E-state index contributed by atoms with van der Waals surface area (Å²) in [7, 11) is 0. The van der Waals surface area contributed by atoms with E-state index in [1.807, 2.05) is 6.07 Å². The molecule has 1 heterocycles. The van der Waals surface area contributed by atoms with Crippen molar-refractivity contribution in [2.75, 3.05) is 6.61 Å². The van der Waals surface area contributed by atoms with Crippen molar-refractivity contribution in [3.8, 4) is 11.8 Å². The van der Waals surface area contributed by atoms with Crippen LogP contribution in [0.15, 0.2) is 29.6 Å². The molecule has 0 unspecified atom stereocenters. The molecule has 2 rings (SSSR count). The third-order valence-corrected chi connectivity index (χ3v) is 4.03. The highest BCUT2D eigenvalue weighted by molar-refractivity contribution is 7.09. The van der Waals surface area contributed by atoms with Crippen molar-refractivity contribution in [2.24, 2.45) is 0 Å². The van der Waals surface area contributed by atoms with Gasteiger partial charge in [0.15, 0.2) is 18.3 Å². The Morgan fingerprint density at radius 1 is 1.31 bits per heavy atom. The second-order valence-corrected chi connectivity index (χ2v) is 5.89. The number of ether oxygens (including phenoxy) is 2. The van der Waals surface area contributed by atoms with E-state index in [1.165, 1.54) is 0 Å². The number of aromatic nitrogens is 1. The summed E-state index contributed by atoms with van der Waals surface area (Å²) in [4.78, 5) is 28.0. The molecule has 10 heteroatoms. The number of nitriles is 1. The monoisotopic (exact) mass is 384 g/mol. The normalized spacial score (nSPS) is 12.1. The summed E-state index contributed by atoms with van der Waals surface area (Å²) >= 11 is 1.15. The van der Waals surface area contributed by atoms with E-state index in [0.29, 0.717) is 10.7 Å². The number of aryl methyl sites for hydroxylation is 1. The highest BCUT2D eigenvalue weighted by atomic mass is 32.1. The molecule has 0 fully saturated rings. The van der Waals surface area contributed by atoms with E-state index >= 15 is 0 Å². The maximum absolute atomic E-state index is 12.1. The van der Waals surface area contributed by atoms with Crippen LogP contribution in [-0.4, -0.2) is 29.7 Å². The second kappa shape index (κ2) is 7.97. The first kappa shape index (κ1) is 19.4. The Labute approximate surface area is 149 Å². The number of thiazole rings is 1. The Hall–Kier alpha value is -2.93. The van der Waals surface area contributed by atoms with Gasteiger partial charge in [0.2, 0.25) is 0 Å². The molecule has 2 aromatic rings. The number of nitrogens with zero attached hydrogens (tertiary/aromatic N) is 2. The zero-order valence-electron chi connectivity index (χ0n) is 13.2. The van der Waals surface area contributed by atoms with E-state index in [2.05, 4.69) is 9.72 Å². The van der Waals surface area contributed by atoms with Crippen LogP contribution in [0.3, 0.4) is 0 Å². The maximum Gasteiger partial charge on any atom is 0.573 e. The van der Waals surface area contributed by atoms with Crippen molar-refractivity contribution >= 4 is 23.1 Å². The van der Waals surface area contributed by atoms with Crippen molar-refractivity contribution < 1.29 is 32.2 Å². The molecular weight excluding hydrogens is 373 g/mol. The van der Waals surface area contributed by atoms with Gasteiger partial charge in [-0.25, -0.2) is 9.78 Å². The van der Waals surface area contributed by atoms with Crippen LogP contribution >= 0.6 is 11.3 Å². The number of rotatable bonds is 6. The quantitative estimate of drug-likeness (QED) is 0.710. The van der Waals surface area contributed by atoms with Gasteiger partial charge in [-0.3, -0.25) is 4.79 Å². The predicted octanol–water partition coefficient (Wildman–Crippen LogP) is 3.38. The number of carbonyl (C=O) groups excluding carboxylic acids is 2. The lowest BCUT2D eigenvalue weighted by Gasteiger charge is -2.09. The number of benzene rings is 1. The number of ketones is 1. The van der Waals surface area contributed by atoms with Crippen molar-refractivity contribution in [2.45, 2.75) is 19.2 Å². The molecule has 0 saturated carbocycles. The van der Waals surface area contributed by atoms with Gasteiger partial charge in [-0.15, -0.1) is 24.5 Å². The second-order valence-electron chi connectivity index (χ2n) is 5.00. The van der Waals surface area contributed by atoms with Gasteiger partial charge < -0.3 is 9.47 Å². The summed E-state index contributed by atoms with van der Waals surface area (Å²) in [5.41, 5.74) is 0.599. The van der Waals surface area contributed by atoms with E-state index < -0.39 is 36.4 Å². The first-order chi connectivity index (χ1) is 12.2. The molecule has 0 aliphatic rings. The van der Waals surface area contributed by atoms with Crippen LogP contribution in [0.1, 0.15) is 27.0 Å². The number of hydrogen-bond donors (Lipinski definition) is 0. The van der Waals surface area contributed by atoms with E-state index in [-0.39, 0.29) is 5.56 Å². The van der Waals surface area contributed by atoms with Gasteiger partial charge in [-0.05, 0) is 31.2 Å². The molecule has 0 N–H and O–H groups in total. The van der Waals surface area contributed by atoms with Crippen molar-refractivity contribution in [3.05, 3.63) is 45.9 Å². The Kier molecular flexibility index (Phi) is 5.94. The molecule has 1 aromatic carbocycles.